The van der Waals surface area contributed by atoms with Gasteiger partial charge in [-0.3, -0.25) is 0 Å². The summed E-state index contributed by atoms with van der Waals surface area (Å²) in [5.74, 6) is 1.91. The molecule has 0 N–H and O–H groups in total. The lowest BCUT2D eigenvalue weighted by atomic mass is 9.64. The number of fused-ring (bicyclic) bond motifs is 2. The topological polar surface area (TPSA) is 38.7 Å². The minimum atomic E-state index is -0.505. The van der Waals surface area contributed by atoms with Gasteiger partial charge in [0.05, 0.1) is 5.41 Å². The van der Waals surface area contributed by atoms with Gasteiger partial charge in [-0.05, 0) is 62.7 Å². The summed E-state index contributed by atoms with van der Waals surface area (Å²) < 4.78 is 0. The second kappa shape index (κ2) is 14.4. The zero-order chi connectivity index (χ0) is 37.3. The predicted octanol–water partition coefficient (Wildman–Crippen LogP) is 13.1. The summed E-state index contributed by atoms with van der Waals surface area (Å²) in [6, 6.07) is 75.3. The molecule has 0 saturated heterocycles. The maximum absolute atomic E-state index is 5.16. The van der Waals surface area contributed by atoms with Crippen molar-refractivity contribution in [3.63, 3.8) is 0 Å². The van der Waals surface area contributed by atoms with Gasteiger partial charge >= 0.3 is 0 Å². The fourth-order valence-electron chi connectivity index (χ4n) is 8.10. The van der Waals surface area contributed by atoms with Gasteiger partial charge in [0.2, 0.25) is 0 Å². The summed E-state index contributed by atoms with van der Waals surface area (Å²) in [6.45, 7) is 0. The van der Waals surface area contributed by atoms with Crippen molar-refractivity contribution in [1.82, 2.24) is 15.0 Å². The molecular weight excluding hydrogens is 699 g/mol. The molecule has 0 bridgehead atoms. The van der Waals surface area contributed by atoms with E-state index in [0.717, 1.165) is 33.4 Å². The Hall–Kier alpha value is -6.88. The number of aromatic nitrogens is 3. The van der Waals surface area contributed by atoms with E-state index in [4.69, 9.17) is 15.0 Å². The number of benzene rings is 8. The van der Waals surface area contributed by atoms with E-state index in [0.29, 0.717) is 17.5 Å². The summed E-state index contributed by atoms with van der Waals surface area (Å²) in [7, 11) is 0. The average Bonchev–Trinajstić information content (AvgIpc) is 3.29. The van der Waals surface area contributed by atoms with Crippen LogP contribution in [0.25, 0.3) is 56.4 Å². The molecule has 9 aromatic rings. The smallest absolute Gasteiger partial charge is 0.164 e. The Bertz CT molecular complexity index is 2780. The highest BCUT2D eigenvalue weighted by Gasteiger charge is 2.44. The molecule has 0 fully saturated rings. The van der Waals surface area contributed by atoms with Gasteiger partial charge in [0.25, 0.3) is 0 Å². The van der Waals surface area contributed by atoms with Gasteiger partial charge < -0.3 is 0 Å². The maximum atomic E-state index is 5.16. The minimum absolute atomic E-state index is 0.505. The van der Waals surface area contributed by atoms with Crippen molar-refractivity contribution < 1.29 is 0 Å². The van der Waals surface area contributed by atoms with Crippen molar-refractivity contribution in [2.45, 2.75) is 15.2 Å². The van der Waals surface area contributed by atoms with E-state index in [9.17, 15) is 0 Å². The highest BCUT2D eigenvalue weighted by atomic mass is 32.2. The molecule has 1 aliphatic rings. The monoisotopic (exact) mass is 733 g/mol. The van der Waals surface area contributed by atoms with E-state index < -0.39 is 5.41 Å². The lowest BCUT2D eigenvalue weighted by molar-refractivity contribution is 0.703. The first-order valence-corrected chi connectivity index (χ1v) is 19.7. The molecule has 3 nitrogen and oxygen atoms in total. The van der Waals surface area contributed by atoms with Crippen LogP contribution in [0.3, 0.4) is 0 Å². The second-order valence-corrected chi connectivity index (χ2v) is 15.0. The normalized spacial score (nSPS) is 12.7. The van der Waals surface area contributed by atoms with Crippen LogP contribution in [-0.4, -0.2) is 15.0 Å². The minimum Gasteiger partial charge on any atom is -0.208 e. The zero-order valence-corrected chi connectivity index (χ0v) is 31.3. The van der Waals surface area contributed by atoms with Crippen molar-refractivity contribution in [2.75, 3.05) is 0 Å². The fourth-order valence-corrected chi connectivity index (χ4v) is 9.42. The Morgan fingerprint density at radius 2 is 0.750 bits per heavy atom. The molecule has 1 aliphatic heterocycles. The number of hydrogen-bond donors (Lipinski definition) is 0. The van der Waals surface area contributed by atoms with Crippen LogP contribution in [0.15, 0.2) is 222 Å². The van der Waals surface area contributed by atoms with Gasteiger partial charge in [0.15, 0.2) is 17.5 Å². The first kappa shape index (κ1) is 33.7. The molecule has 0 unspecified atom stereocenters. The lowest BCUT2D eigenvalue weighted by Crippen LogP contribution is -2.34. The van der Waals surface area contributed by atoms with Crippen molar-refractivity contribution in [2.24, 2.45) is 0 Å². The summed E-state index contributed by atoms with van der Waals surface area (Å²) in [5.41, 5.74) is 11.9. The second-order valence-electron chi connectivity index (χ2n) is 14.0. The van der Waals surface area contributed by atoms with Crippen LogP contribution in [0.2, 0.25) is 0 Å². The Morgan fingerprint density at radius 1 is 0.321 bits per heavy atom. The molecule has 1 aromatic heterocycles. The quantitative estimate of drug-likeness (QED) is 0.163. The molecule has 0 amide bonds. The third-order valence-corrected chi connectivity index (χ3v) is 11.9. The van der Waals surface area contributed by atoms with Gasteiger partial charge in [-0.15, -0.1) is 0 Å². The molecular formula is C52H35N3S. The van der Waals surface area contributed by atoms with E-state index in [2.05, 4.69) is 188 Å². The molecule has 0 atom stereocenters. The average molecular weight is 734 g/mol. The third-order valence-electron chi connectivity index (χ3n) is 10.7. The van der Waals surface area contributed by atoms with Gasteiger partial charge in [0, 0.05) is 26.5 Å². The molecule has 10 rings (SSSR count). The van der Waals surface area contributed by atoms with Gasteiger partial charge in [-0.1, -0.05) is 206 Å². The van der Waals surface area contributed by atoms with E-state index in [1.54, 1.807) is 0 Å². The van der Waals surface area contributed by atoms with Crippen molar-refractivity contribution in [3.05, 3.63) is 235 Å². The maximum Gasteiger partial charge on any atom is 0.164 e. The summed E-state index contributed by atoms with van der Waals surface area (Å²) in [4.78, 5) is 17.8. The molecule has 264 valence electrons. The summed E-state index contributed by atoms with van der Waals surface area (Å²) >= 11 is 1.85. The summed E-state index contributed by atoms with van der Waals surface area (Å²) in [6.07, 6.45) is 0. The van der Waals surface area contributed by atoms with E-state index in [1.165, 1.54) is 37.6 Å². The van der Waals surface area contributed by atoms with Crippen LogP contribution < -0.4 is 0 Å². The molecule has 8 aromatic carbocycles. The highest BCUT2D eigenvalue weighted by molar-refractivity contribution is 7.99. The molecule has 56 heavy (non-hydrogen) atoms. The Kier molecular flexibility index (Phi) is 8.66. The standard InChI is InChI=1S/C52H35N3S/c1-5-18-36(19-6-1)38-22-15-24-40(34-38)50-53-49(37-20-7-2-8-21-37)54-51(55-50)41-25-16-23-39(35-41)44-30-17-32-46-48(44)56-47-33-14-13-31-45(47)52(46,42-26-9-3-10-27-42)43-28-11-4-12-29-43/h1-35H. The van der Waals surface area contributed by atoms with Crippen molar-refractivity contribution >= 4 is 11.8 Å². The van der Waals surface area contributed by atoms with Crippen LogP contribution in [-0.2, 0) is 5.41 Å². The molecule has 0 spiro atoms. The first-order valence-electron chi connectivity index (χ1n) is 18.9. The Labute approximate surface area is 331 Å². The van der Waals surface area contributed by atoms with Crippen LogP contribution in [0, 0.1) is 0 Å². The third kappa shape index (κ3) is 5.92. The number of hydrogen-bond acceptors (Lipinski definition) is 4. The van der Waals surface area contributed by atoms with E-state index >= 15 is 0 Å². The van der Waals surface area contributed by atoms with Crippen LogP contribution in [0.4, 0.5) is 0 Å². The number of rotatable bonds is 7. The largest absolute Gasteiger partial charge is 0.208 e. The molecule has 0 aliphatic carbocycles. The SMILES string of the molecule is c1ccc(-c2cccc(-c3nc(-c4ccccc4)nc(-c4cccc(-c5cccc6c5Sc5ccccc5C6(c5ccccc5)c5ccccc5)c4)n3)c2)cc1. The Balaban J connectivity index is 1.15. The van der Waals surface area contributed by atoms with Crippen LogP contribution in [0.5, 0.6) is 0 Å². The number of nitrogens with zero attached hydrogens (tertiary/aromatic N) is 3. The predicted molar refractivity (Wildman–Crippen MR) is 229 cm³/mol. The highest BCUT2D eigenvalue weighted by Crippen LogP contribution is 2.57. The van der Waals surface area contributed by atoms with Crippen molar-refractivity contribution in [1.29, 1.82) is 0 Å². The molecule has 0 saturated carbocycles. The van der Waals surface area contributed by atoms with Gasteiger partial charge in [0.1, 0.15) is 0 Å². The van der Waals surface area contributed by atoms with Gasteiger partial charge in [-0.25, -0.2) is 15.0 Å². The molecule has 4 heteroatoms. The van der Waals surface area contributed by atoms with Crippen molar-refractivity contribution in [3.8, 4) is 56.4 Å². The molecule has 0 radical (unpaired) electrons. The van der Waals surface area contributed by atoms with Crippen LogP contribution in [0.1, 0.15) is 22.3 Å². The fraction of sp³-hybridized carbons (Fsp3) is 0.0192. The first-order chi connectivity index (χ1) is 27.8. The molecule has 2 heterocycles. The van der Waals surface area contributed by atoms with Gasteiger partial charge in [-0.2, -0.15) is 0 Å². The van der Waals surface area contributed by atoms with E-state index in [1.807, 2.05) is 36.0 Å². The Morgan fingerprint density at radius 3 is 1.38 bits per heavy atom. The summed E-state index contributed by atoms with van der Waals surface area (Å²) in [5, 5.41) is 0. The lowest BCUT2D eigenvalue weighted by Gasteiger charge is -2.42. The van der Waals surface area contributed by atoms with Crippen LogP contribution >= 0.6 is 11.8 Å². The zero-order valence-electron chi connectivity index (χ0n) is 30.5. The van der Waals surface area contributed by atoms with E-state index in [-0.39, 0.29) is 0 Å².